The zero-order valence-electron chi connectivity index (χ0n) is 15.4. The molecule has 0 N–H and O–H groups in total. The van der Waals surface area contributed by atoms with Crippen molar-refractivity contribution in [3.63, 3.8) is 0 Å². The molecule has 0 aliphatic rings. The summed E-state index contributed by atoms with van der Waals surface area (Å²) in [7, 11) is 1.74. The molecule has 0 atom stereocenters. The molecule has 6 nitrogen and oxygen atoms in total. The van der Waals surface area contributed by atoms with E-state index < -0.39 is 0 Å². The Morgan fingerprint density at radius 1 is 1.04 bits per heavy atom. The number of benzene rings is 1. The molecule has 0 spiro atoms. The van der Waals surface area contributed by atoms with Crippen LogP contribution in [0, 0.1) is 6.92 Å². The van der Waals surface area contributed by atoms with Crippen molar-refractivity contribution in [3.8, 4) is 16.9 Å². The van der Waals surface area contributed by atoms with E-state index in [1.807, 2.05) is 54.2 Å². The number of carbonyl (C=O) groups is 1. The molecule has 0 aliphatic heterocycles. The molecule has 1 aromatic carbocycles. The Morgan fingerprint density at radius 3 is 2.67 bits per heavy atom. The molecule has 0 bridgehead atoms. The van der Waals surface area contributed by atoms with Crippen LogP contribution in [0.15, 0.2) is 61.1 Å². The number of nitrogens with zero attached hydrogens (tertiary/aromatic N) is 5. The van der Waals surface area contributed by atoms with Crippen molar-refractivity contribution >= 4 is 22.5 Å². The molecule has 0 fully saturated rings. The van der Waals surface area contributed by atoms with Crippen LogP contribution in [-0.2, 0) is 4.79 Å². The third kappa shape index (κ3) is 3.17. The summed E-state index contributed by atoms with van der Waals surface area (Å²) >= 11 is 0. The first-order valence-electron chi connectivity index (χ1n) is 8.64. The quantitative estimate of drug-likeness (QED) is 0.560. The number of hydrogen-bond donors (Lipinski definition) is 0. The van der Waals surface area contributed by atoms with Crippen LogP contribution < -0.4 is 4.90 Å². The molecule has 4 rings (SSSR count). The second-order valence-electron chi connectivity index (χ2n) is 6.48. The molecular formula is C21H19N5O. The SMILES string of the molecule is CC(=O)N(C)c1cncc(-c2ccc3cnn(-c4cccc(C)n4)c3c2)c1. The molecule has 3 heterocycles. The molecule has 1 amide bonds. The van der Waals surface area contributed by atoms with Crippen LogP contribution >= 0.6 is 0 Å². The van der Waals surface area contributed by atoms with Crippen molar-refractivity contribution in [1.82, 2.24) is 19.7 Å². The maximum absolute atomic E-state index is 11.6. The smallest absolute Gasteiger partial charge is 0.223 e. The van der Waals surface area contributed by atoms with Gasteiger partial charge in [-0.05, 0) is 36.8 Å². The van der Waals surface area contributed by atoms with E-state index in [1.54, 1.807) is 24.3 Å². The van der Waals surface area contributed by atoms with Crippen LogP contribution in [0.2, 0.25) is 0 Å². The number of aryl methyl sites for hydroxylation is 1. The fourth-order valence-corrected chi connectivity index (χ4v) is 2.98. The fourth-order valence-electron chi connectivity index (χ4n) is 2.98. The van der Waals surface area contributed by atoms with Crippen LogP contribution in [0.4, 0.5) is 5.69 Å². The van der Waals surface area contributed by atoms with Gasteiger partial charge in [-0.3, -0.25) is 9.78 Å². The topological polar surface area (TPSA) is 63.9 Å². The molecule has 4 aromatic rings. The van der Waals surface area contributed by atoms with Crippen molar-refractivity contribution in [3.05, 3.63) is 66.7 Å². The Morgan fingerprint density at radius 2 is 1.89 bits per heavy atom. The van der Waals surface area contributed by atoms with Crippen LogP contribution in [0.25, 0.3) is 27.8 Å². The Kier molecular flexibility index (Phi) is 4.16. The molecule has 0 unspecified atom stereocenters. The van der Waals surface area contributed by atoms with Gasteiger partial charge in [-0.1, -0.05) is 18.2 Å². The largest absolute Gasteiger partial charge is 0.314 e. The average Bonchev–Trinajstić information content (AvgIpc) is 3.10. The predicted octanol–water partition coefficient (Wildman–Crippen LogP) is 3.77. The first-order chi connectivity index (χ1) is 13.0. The Balaban J connectivity index is 1.81. The third-order valence-corrected chi connectivity index (χ3v) is 4.58. The van der Waals surface area contributed by atoms with Gasteiger partial charge in [0.2, 0.25) is 5.91 Å². The maximum Gasteiger partial charge on any atom is 0.223 e. The van der Waals surface area contributed by atoms with Gasteiger partial charge < -0.3 is 4.90 Å². The molecule has 0 radical (unpaired) electrons. The number of fused-ring (bicyclic) bond motifs is 1. The summed E-state index contributed by atoms with van der Waals surface area (Å²) in [5, 5.41) is 5.53. The Hall–Kier alpha value is -3.54. The van der Waals surface area contributed by atoms with Crippen molar-refractivity contribution in [2.24, 2.45) is 0 Å². The van der Waals surface area contributed by atoms with Gasteiger partial charge >= 0.3 is 0 Å². The standard InChI is InChI=1S/C21H19N5O/c1-14-5-4-6-21(24-14)26-20-10-16(7-8-17(20)12-23-26)18-9-19(13-22-11-18)25(3)15(2)27/h4-13H,1-3H3. The van der Waals surface area contributed by atoms with E-state index in [0.717, 1.165) is 39.2 Å². The van der Waals surface area contributed by atoms with Crippen LogP contribution in [-0.4, -0.2) is 32.7 Å². The van der Waals surface area contributed by atoms with E-state index in [-0.39, 0.29) is 5.91 Å². The highest BCUT2D eigenvalue weighted by Gasteiger charge is 2.11. The van der Waals surface area contributed by atoms with Crippen molar-refractivity contribution in [2.45, 2.75) is 13.8 Å². The molecule has 0 aliphatic carbocycles. The summed E-state index contributed by atoms with van der Waals surface area (Å²) in [5.41, 5.74) is 4.61. The minimum atomic E-state index is -0.0343. The zero-order valence-corrected chi connectivity index (χ0v) is 15.4. The Labute approximate surface area is 157 Å². The summed E-state index contributed by atoms with van der Waals surface area (Å²) < 4.78 is 1.84. The molecular weight excluding hydrogens is 338 g/mol. The maximum atomic E-state index is 11.6. The number of amides is 1. The second kappa shape index (κ2) is 6.64. The van der Waals surface area contributed by atoms with Gasteiger partial charge in [0.05, 0.1) is 23.6 Å². The number of anilines is 1. The van der Waals surface area contributed by atoms with Crippen LogP contribution in [0.5, 0.6) is 0 Å². The van der Waals surface area contributed by atoms with Gasteiger partial charge in [0.25, 0.3) is 0 Å². The van der Waals surface area contributed by atoms with Gasteiger partial charge in [0, 0.05) is 36.8 Å². The number of rotatable bonds is 3. The minimum absolute atomic E-state index is 0.0343. The number of pyridine rings is 2. The van der Waals surface area contributed by atoms with Crippen LogP contribution in [0.3, 0.4) is 0 Å². The zero-order chi connectivity index (χ0) is 19.0. The van der Waals surface area contributed by atoms with Gasteiger partial charge in [-0.2, -0.15) is 5.10 Å². The van der Waals surface area contributed by atoms with Crippen LogP contribution in [0.1, 0.15) is 12.6 Å². The lowest BCUT2D eigenvalue weighted by Gasteiger charge is -2.15. The summed E-state index contributed by atoms with van der Waals surface area (Å²) in [6, 6.07) is 14.0. The summed E-state index contributed by atoms with van der Waals surface area (Å²) in [6.45, 7) is 3.50. The lowest BCUT2D eigenvalue weighted by molar-refractivity contribution is -0.116. The lowest BCUT2D eigenvalue weighted by atomic mass is 10.1. The van der Waals surface area contributed by atoms with E-state index in [2.05, 4.69) is 21.1 Å². The Bertz CT molecular complexity index is 1150. The summed E-state index contributed by atoms with van der Waals surface area (Å²) in [5.74, 6) is 0.748. The predicted molar refractivity (Wildman–Crippen MR) is 106 cm³/mol. The van der Waals surface area contributed by atoms with E-state index in [0.29, 0.717) is 0 Å². The molecule has 0 saturated heterocycles. The number of aromatic nitrogens is 4. The minimum Gasteiger partial charge on any atom is -0.314 e. The monoisotopic (exact) mass is 357 g/mol. The molecule has 0 saturated carbocycles. The molecule has 134 valence electrons. The van der Waals surface area contributed by atoms with Gasteiger partial charge in [0.15, 0.2) is 5.82 Å². The summed E-state index contributed by atoms with van der Waals surface area (Å²) in [4.78, 5) is 22.1. The van der Waals surface area contributed by atoms with Gasteiger partial charge in [0.1, 0.15) is 0 Å². The lowest BCUT2D eigenvalue weighted by Crippen LogP contribution is -2.22. The molecule has 27 heavy (non-hydrogen) atoms. The highest BCUT2D eigenvalue weighted by molar-refractivity contribution is 5.92. The van der Waals surface area contributed by atoms with E-state index in [4.69, 9.17) is 0 Å². The normalized spacial score (nSPS) is 10.9. The second-order valence-corrected chi connectivity index (χ2v) is 6.48. The summed E-state index contributed by atoms with van der Waals surface area (Å²) in [6.07, 6.45) is 5.32. The molecule has 3 aromatic heterocycles. The van der Waals surface area contributed by atoms with Gasteiger partial charge in [-0.25, -0.2) is 9.67 Å². The number of carbonyl (C=O) groups excluding carboxylic acids is 1. The van der Waals surface area contributed by atoms with E-state index in [1.165, 1.54) is 6.92 Å². The highest BCUT2D eigenvalue weighted by Crippen LogP contribution is 2.27. The van der Waals surface area contributed by atoms with Crippen molar-refractivity contribution < 1.29 is 4.79 Å². The third-order valence-electron chi connectivity index (χ3n) is 4.58. The first-order valence-corrected chi connectivity index (χ1v) is 8.64. The fraction of sp³-hybridized carbons (Fsp3) is 0.143. The average molecular weight is 357 g/mol. The van der Waals surface area contributed by atoms with E-state index in [9.17, 15) is 4.79 Å². The molecule has 6 heteroatoms. The highest BCUT2D eigenvalue weighted by atomic mass is 16.2. The van der Waals surface area contributed by atoms with Crippen molar-refractivity contribution in [2.75, 3.05) is 11.9 Å². The van der Waals surface area contributed by atoms with Crippen molar-refractivity contribution in [1.29, 1.82) is 0 Å². The first kappa shape index (κ1) is 16.9. The van der Waals surface area contributed by atoms with Gasteiger partial charge in [-0.15, -0.1) is 0 Å². The number of hydrogen-bond acceptors (Lipinski definition) is 4. The van der Waals surface area contributed by atoms with E-state index >= 15 is 0 Å².